The van der Waals surface area contributed by atoms with Gasteiger partial charge in [0.15, 0.2) is 0 Å². The summed E-state index contributed by atoms with van der Waals surface area (Å²) in [5.41, 5.74) is 1.38. The Morgan fingerprint density at radius 1 is 0.941 bits per heavy atom. The molecule has 0 fully saturated rings. The topological polar surface area (TPSA) is 9.23 Å². The van der Waals surface area contributed by atoms with Crippen LogP contribution in [0.2, 0.25) is 0 Å². The van der Waals surface area contributed by atoms with Crippen molar-refractivity contribution in [3.63, 3.8) is 0 Å². The third kappa shape index (κ3) is 12.0. The van der Waals surface area contributed by atoms with Crippen molar-refractivity contribution in [2.75, 3.05) is 13.2 Å². The lowest BCUT2D eigenvalue weighted by Gasteiger charge is -2.09. The maximum atomic E-state index is 5.63. The summed E-state index contributed by atoms with van der Waals surface area (Å²) in [6.07, 6.45) is 7.42. The van der Waals surface area contributed by atoms with Crippen LogP contribution in [0.3, 0.4) is 0 Å². The van der Waals surface area contributed by atoms with Crippen molar-refractivity contribution in [2.45, 2.75) is 66.2 Å². The van der Waals surface area contributed by atoms with Gasteiger partial charge in [0.25, 0.3) is 0 Å². The van der Waals surface area contributed by atoms with Gasteiger partial charge >= 0.3 is 0 Å². The molecule has 0 atom stereocenters. The minimum atomic E-state index is 0.631. The van der Waals surface area contributed by atoms with E-state index in [-0.39, 0.29) is 0 Å². The number of ether oxygens (including phenoxy) is 1. The smallest absolute Gasteiger partial charge is 0.0466 e. The highest BCUT2D eigenvalue weighted by Crippen LogP contribution is 2.14. The molecule has 0 saturated carbocycles. The van der Waals surface area contributed by atoms with Gasteiger partial charge in [-0.2, -0.15) is 0 Å². The molecule has 0 radical (unpaired) electrons. The predicted octanol–water partition coefficient (Wildman–Crippen LogP) is 5.21. The number of rotatable bonds is 11. The van der Waals surface area contributed by atoms with Gasteiger partial charge < -0.3 is 4.74 Å². The zero-order valence-corrected chi connectivity index (χ0v) is 12.4. The molecule has 0 amide bonds. The molecule has 1 heteroatoms. The Morgan fingerprint density at radius 2 is 1.53 bits per heavy atom. The number of hydrogen-bond donors (Lipinski definition) is 0. The SMILES string of the molecule is C=C(CCCCOCCCCC(C)C)C(C)C. The maximum absolute atomic E-state index is 5.63. The van der Waals surface area contributed by atoms with Crippen LogP contribution < -0.4 is 0 Å². The standard InChI is InChI=1S/C16H32O/c1-14(2)10-6-8-12-17-13-9-7-11-16(5)15(3)4/h14-15H,5-13H2,1-4H3. The Bertz CT molecular complexity index is 182. The fourth-order valence-electron chi connectivity index (χ4n) is 1.70. The highest BCUT2D eigenvalue weighted by Gasteiger charge is 1.99. The number of unbranched alkanes of at least 4 members (excludes halogenated alkanes) is 2. The molecule has 0 bridgehead atoms. The van der Waals surface area contributed by atoms with Crippen LogP contribution in [0.1, 0.15) is 66.2 Å². The Balaban J connectivity index is 3.11. The lowest BCUT2D eigenvalue weighted by atomic mass is 10.00. The van der Waals surface area contributed by atoms with E-state index in [1.165, 1.54) is 37.7 Å². The van der Waals surface area contributed by atoms with E-state index in [1.807, 2.05) is 0 Å². The second-order valence-corrected chi connectivity index (χ2v) is 5.77. The molecule has 0 saturated heterocycles. The van der Waals surface area contributed by atoms with Gasteiger partial charge in [-0.25, -0.2) is 0 Å². The van der Waals surface area contributed by atoms with Gasteiger partial charge in [0.05, 0.1) is 0 Å². The second-order valence-electron chi connectivity index (χ2n) is 5.77. The first kappa shape index (κ1) is 16.7. The van der Waals surface area contributed by atoms with Crippen LogP contribution in [-0.4, -0.2) is 13.2 Å². The van der Waals surface area contributed by atoms with Crippen LogP contribution in [0, 0.1) is 11.8 Å². The highest BCUT2D eigenvalue weighted by atomic mass is 16.5. The molecule has 0 heterocycles. The Hall–Kier alpha value is -0.300. The molecule has 102 valence electrons. The van der Waals surface area contributed by atoms with Crippen molar-refractivity contribution >= 4 is 0 Å². The van der Waals surface area contributed by atoms with Gasteiger partial charge in [-0.1, -0.05) is 52.7 Å². The molecule has 1 nitrogen and oxygen atoms in total. The van der Waals surface area contributed by atoms with Crippen molar-refractivity contribution < 1.29 is 4.74 Å². The second kappa shape index (κ2) is 10.8. The normalized spacial score (nSPS) is 11.4. The summed E-state index contributed by atoms with van der Waals surface area (Å²) in [6, 6.07) is 0. The van der Waals surface area contributed by atoms with Gasteiger partial charge in [-0.15, -0.1) is 0 Å². The van der Waals surface area contributed by atoms with Gasteiger partial charge in [0, 0.05) is 13.2 Å². The lowest BCUT2D eigenvalue weighted by molar-refractivity contribution is 0.125. The Kier molecular flexibility index (Phi) is 10.6. The highest BCUT2D eigenvalue weighted by molar-refractivity contribution is 4.96. The van der Waals surface area contributed by atoms with Crippen LogP contribution >= 0.6 is 0 Å². The molecule has 0 aliphatic heterocycles. The molecule has 0 aromatic rings. The van der Waals surface area contributed by atoms with Crippen LogP contribution in [0.4, 0.5) is 0 Å². The van der Waals surface area contributed by atoms with Gasteiger partial charge in [0.2, 0.25) is 0 Å². The largest absolute Gasteiger partial charge is 0.381 e. The molecule has 0 spiro atoms. The maximum Gasteiger partial charge on any atom is 0.0466 e. The summed E-state index contributed by atoms with van der Waals surface area (Å²) in [4.78, 5) is 0. The summed E-state index contributed by atoms with van der Waals surface area (Å²) in [5, 5.41) is 0. The molecular formula is C16H32O. The molecule has 0 rings (SSSR count). The summed E-state index contributed by atoms with van der Waals surface area (Å²) in [5.74, 6) is 1.46. The first-order valence-corrected chi connectivity index (χ1v) is 7.29. The van der Waals surface area contributed by atoms with Gasteiger partial charge in [0.1, 0.15) is 0 Å². The van der Waals surface area contributed by atoms with Gasteiger partial charge in [-0.3, -0.25) is 0 Å². The van der Waals surface area contributed by atoms with E-state index in [0.717, 1.165) is 25.6 Å². The van der Waals surface area contributed by atoms with Gasteiger partial charge in [-0.05, 0) is 37.5 Å². The van der Waals surface area contributed by atoms with E-state index in [1.54, 1.807) is 0 Å². The van der Waals surface area contributed by atoms with Crippen molar-refractivity contribution in [3.05, 3.63) is 12.2 Å². The minimum Gasteiger partial charge on any atom is -0.381 e. The summed E-state index contributed by atoms with van der Waals surface area (Å²) >= 11 is 0. The molecule has 0 aromatic heterocycles. The van der Waals surface area contributed by atoms with Crippen molar-refractivity contribution in [3.8, 4) is 0 Å². The fraction of sp³-hybridized carbons (Fsp3) is 0.875. The molecule has 0 aromatic carbocycles. The average molecular weight is 240 g/mol. The quantitative estimate of drug-likeness (QED) is 0.356. The summed E-state index contributed by atoms with van der Waals surface area (Å²) < 4.78 is 5.63. The lowest BCUT2D eigenvalue weighted by Crippen LogP contribution is -1.99. The molecule has 0 unspecified atom stereocenters. The molecule has 17 heavy (non-hydrogen) atoms. The zero-order chi connectivity index (χ0) is 13.1. The predicted molar refractivity (Wildman–Crippen MR) is 77.3 cm³/mol. The molecule has 0 aliphatic carbocycles. The average Bonchev–Trinajstić information content (AvgIpc) is 2.25. The monoisotopic (exact) mass is 240 g/mol. The van der Waals surface area contributed by atoms with Crippen LogP contribution in [0.15, 0.2) is 12.2 Å². The van der Waals surface area contributed by atoms with Crippen LogP contribution in [0.25, 0.3) is 0 Å². The van der Waals surface area contributed by atoms with E-state index >= 15 is 0 Å². The van der Waals surface area contributed by atoms with E-state index in [9.17, 15) is 0 Å². The Labute approximate surface area is 109 Å². The van der Waals surface area contributed by atoms with Crippen LogP contribution in [0.5, 0.6) is 0 Å². The zero-order valence-electron chi connectivity index (χ0n) is 12.4. The summed E-state index contributed by atoms with van der Waals surface area (Å²) in [7, 11) is 0. The van der Waals surface area contributed by atoms with E-state index in [4.69, 9.17) is 4.74 Å². The number of allylic oxidation sites excluding steroid dienone is 1. The molecule has 0 N–H and O–H groups in total. The van der Waals surface area contributed by atoms with Crippen molar-refractivity contribution in [2.24, 2.45) is 11.8 Å². The fourth-order valence-corrected chi connectivity index (χ4v) is 1.70. The third-order valence-corrected chi connectivity index (χ3v) is 3.17. The number of hydrogen-bond acceptors (Lipinski definition) is 1. The third-order valence-electron chi connectivity index (χ3n) is 3.17. The summed E-state index contributed by atoms with van der Waals surface area (Å²) in [6.45, 7) is 14.9. The van der Waals surface area contributed by atoms with Crippen LogP contribution in [-0.2, 0) is 4.74 Å². The molecule has 0 aliphatic rings. The van der Waals surface area contributed by atoms with E-state index < -0.39 is 0 Å². The van der Waals surface area contributed by atoms with Crippen molar-refractivity contribution in [1.82, 2.24) is 0 Å². The minimum absolute atomic E-state index is 0.631. The Morgan fingerprint density at radius 3 is 2.06 bits per heavy atom. The van der Waals surface area contributed by atoms with Crippen molar-refractivity contribution in [1.29, 1.82) is 0 Å². The first-order chi connectivity index (χ1) is 8.04. The van der Waals surface area contributed by atoms with E-state index in [2.05, 4.69) is 34.3 Å². The first-order valence-electron chi connectivity index (χ1n) is 7.29. The molecular weight excluding hydrogens is 208 g/mol. The van der Waals surface area contributed by atoms with E-state index in [0.29, 0.717) is 5.92 Å².